The standard InChI is InChI=1S/C5H6Br2SSi/c1-9(6,7)5-3-2-4-8-5/h2-4H,1H3. The average Bonchev–Trinajstić information content (AvgIpc) is 2.08. The Hall–Kier alpha value is 0.877. The van der Waals surface area contributed by atoms with Crippen molar-refractivity contribution in [1.82, 2.24) is 0 Å². The molecule has 0 aliphatic heterocycles. The third-order valence-electron chi connectivity index (χ3n) is 0.954. The highest BCUT2D eigenvalue weighted by Crippen LogP contribution is 2.21. The number of halogens is 2. The molecule has 0 fully saturated rings. The zero-order valence-corrected chi connectivity index (χ0v) is 9.88. The third-order valence-corrected chi connectivity index (χ3v) is 8.39. The summed E-state index contributed by atoms with van der Waals surface area (Å²) in [5.74, 6) is 0. The molecule has 4 heteroatoms. The van der Waals surface area contributed by atoms with Gasteiger partial charge in [-0.25, -0.2) is 0 Å². The summed E-state index contributed by atoms with van der Waals surface area (Å²) in [4.78, 5) is 0. The van der Waals surface area contributed by atoms with Gasteiger partial charge < -0.3 is 0 Å². The molecule has 1 aromatic heterocycles. The maximum atomic E-state index is 3.63. The first-order chi connectivity index (χ1) is 4.11. The average molecular weight is 286 g/mol. The van der Waals surface area contributed by atoms with E-state index in [1.54, 1.807) is 11.3 Å². The molecule has 9 heavy (non-hydrogen) atoms. The molecule has 0 atom stereocenters. The molecule has 50 valence electrons. The summed E-state index contributed by atoms with van der Waals surface area (Å²) in [5.41, 5.74) is 0. The minimum absolute atomic E-state index is 1.34. The van der Waals surface area contributed by atoms with Crippen molar-refractivity contribution in [3.8, 4) is 0 Å². The van der Waals surface area contributed by atoms with Gasteiger partial charge in [0.1, 0.15) is 0 Å². The molecular weight excluding hydrogens is 280 g/mol. The molecule has 0 nitrogen and oxygen atoms in total. The first kappa shape index (κ1) is 7.98. The van der Waals surface area contributed by atoms with Crippen molar-refractivity contribution >= 4 is 51.7 Å². The second kappa shape index (κ2) is 2.86. The predicted octanol–water partition coefficient (Wildman–Crippen LogP) is 2.82. The van der Waals surface area contributed by atoms with Crippen molar-refractivity contribution in [2.75, 3.05) is 0 Å². The van der Waals surface area contributed by atoms with Crippen LogP contribution in [0.1, 0.15) is 0 Å². The van der Waals surface area contributed by atoms with E-state index in [2.05, 4.69) is 54.6 Å². The highest BCUT2D eigenvalue weighted by Gasteiger charge is 2.22. The van der Waals surface area contributed by atoms with Crippen LogP contribution in [0.2, 0.25) is 6.55 Å². The van der Waals surface area contributed by atoms with Crippen LogP contribution in [0.25, 0.3) is 0 Å². The molecule has 0 saturated carbocycles. The van der Waals surface area contributed by atoms with Gasteiger partial charge in [0.2, 0.25) is 5.31 Å². The Kier molecular flexibility index (Phi) is 2.54. The number of hydrogen-bond donors (Lipinski definition) is 0. The van der Waals surface area contributed by atoms with E-state index in [-0.39, 0.29) is 0 Å². The molecule has 0 spiro atoms. The molecule has 0 aliphatic rings. The van der Waals surface area contributed by atoms with Crippen molar-refractivity contribution in [1.29, 1.82) is 0 Å². The van der Waals surface area contributed by atoms with E-state index in [1.165, 1.54) is 4.50 Å². The van der Waals surface area contributed by atoms with Crippen molar-refractivity contribution in [2.45, 2.75) is 6.55 Å². The van der Waals surface area contributed by atoms with Crippen molar-refractivity contribution in [3.05, 3.63) is 17.5 Å². The highest BCUT2D eigenvalue weighted by atomic mass is 79.9. The molecule has 0 amide bonds. The smallest absolute Gasteiger partial charge is 0.151 e. The van der Waals surface area contributed by atoms with Crippen molar-refractivity contribution in [3.63, 3.8) is 0 Å². The minimum Gasteiger partial charge on any atom is -0.151 e. The summed E-state index contributed by atoms with van der Waals surface area (Å²) >= 11 is 9.06. The number of rotatable bonds is 1. The van der Waals surface area contributed by atoms with E-state index in [9.17, 15) is 0 Å². The van der Waals surface area contributed by atoms with Crippen LogP contribution in [-0.2, 0) is 0 Å². The molecule has 0 saturated heterocycles. The Labute approximate surface area is 75.5 Å². The lowest BCUT2D eigenvalue weighted by Gasteiger charge is -2.06. The second-order valence-electron chi connectivity index (χ2n) is 1.87. The van der Waals surface area contributed by atoms with Crippen LogP contribution >= 0.6 is 41.9 Å². The maximum absolute atomic E-state index is 3.63. The lowest BCUT2D eigenvalue weighted by atomic mass is 10.7. The fourth-order valence-corrected chi connectivity index (χ4v) is 4.89. The molecule has 0 aromatic carbocycles. The fraction of sp³-hybridized carbons (Fsp3) is 0.200. The summed E-state index contributed by atoms with van der Waals surface area (Å²) < 4.78 is 1.43. The van der Waals surface area contributed by atoms with Crippen LogP contribution in [0, 0.1) is 0 Å². The van der Waals surface area contributed by atoms with E-state index in [1.807, 2.05) is 0 Å². The lowest BCUT2D eigenvalue weighted by Crippen LogP contribution is -2.27. The molecule has 1 aromatic rings. The van der Waals surface area contributed by atoms with E-state index in [0.29, 0.717) is 0 Å². The van der Waals surface area contributed by atoms with Crippen LogP contribution in [-0.4, -0.2) is 5.31 Å². The van der Waals surface area contributed by atoms with Crippen molar-refractivity contribution in [2.24, 2.45) is 0 Å². The zero-order chi connectivity index (χ0) is 6.91. The van der Waals surface area contributed by atoms with Gasteiger partial charge in [0, 0.05) is 4.50 Å². The first-order valence-electron chi connectivity index (χ1n) is 2.52. The van der Waals surface area contributed by atoms with Gasteiger partial charge in [-0.3, -0.25) is 0 Å². The van der Waals surface area contributed by atoms with Crippen LogP contribution in [0.4, 0.5) is 0 Å². The Bertz CT molecular complexity index is 177. The molecule has 0 aliphatic carbocycles. The van der Waals surface area contributed by atoms with E-state index in [0.717, 1.165) is 0 Å². The highest BCUT2D eigenvalue weighted by molar-refractivity contribution is 9.51. The van der Waals surface area contributed by atoms with Crippen molar-refractivity contribution < 1.29 is 0 Å². The van der Waals surface area contributed by atoms with Gasteiger partial charge >= 0.3 is 0 Å². The molecular formula is C5H6Br2SSi. The molecule has 1 heterocycles. The summed E-state index contributed by atoms with van der Waals surface area (Å²) in [7, 11) is 0. The summed E-state index contributed by atoms with van der Waals surface area (Å²) in [6, 6.07) is 4.23. The van der Waals surface area contributed by atoms with Gasteiger partial charge in [0.15, 0.2) is 0 Å². The maximum Gasteiger partial charge on any atom is 0.237 e. The van der Waals surface area contributed by atoms with E-state index in [4.69, 9.17) is 0 Å². The minimum atomic E-state index is -1.34. The quantitative estimate of drug-likeness (QED) is 0.550. The summed E-state index contributed by atoms with van der Waals surface area (Å²) in [6.07, 6.45) is 0. The lowest BCUT2D eigenvalue weighted by molar-refractivity contribution is 2.05. The van der Waals surface area contributed by atoms with E-state index < -0.39 is 5.31 Å². The zero-order valence-electron chi connectivity index (χ0n) is 4.90. The summed E-state index contributed by atoms with van der Waals surface area (Å²) in [5, 5.41) is 0.763. The molecule has 0 unspecified atom stereocenters. The van der Waals surface area contributed by atoms with Crippen LogP contribution in [0.15, 0.2) is 17.5 Å². The molecule has 0 bridgehead atoms. The van der Waals surface area contributed by atoms with Crippen LogP contribution < -0.4 is 4.50 Å². The number of thiophene rings is 1. The SMILES string of the molecule is C[Si](Br)(Br)c1cccs1. The van der Waals surface area contributed by atoms with Gasteiger partial charge in [0.25, 0.3) is 0 Å². The van der Waals surface area contributed by atoms with E-state index >= 15 is 0 Å². The fourth-order valence-electron chi connectivity index (χ4n) is 0.528. The monoisotopic (exact) mass is 284 g/mol. The Morgan fingerprint density at radius 2 is 2.22 bits per heavy atom. The normalized spacial score (nSPS) is 11.9. The van der Waals surface area contributed by atoms with Crippen LogP contribution in [0.5, 0.6) is 0 Å². The predicted molar refractivity (Wildman–Crippen MR) is 53.4 cm³/mol. The second-order valence-corrected chi connectivity index (χ2v) is 18.2. The Morgan fingerprint density at radius 3 is 2.44 bits per heavy atom. The van der Waals surface area contributed by atoms with Gasteiger partial charge in [0.05, 0.1) is 0 Å². The molecule has 0 radical (unpaired) electrons. The van der Waals surface area contributed by atoms with Gasteiger partial charge in [-0.05, 0) is 11.9 Å². The van der Waals surface area contributed by atoms with Gasteiger partial charge in [-0.15, -0.1) is 30.6 Å². The van der Waals surface area contributed by atoms with Gasteiger partial charge in [-0.1, -0.05) is 12.1 Å². The third kappa shape index (κ3) is 2.18. The molecule has 1 rings (SSSR count). The Morgan fingerprint density at radius 1 is 1.56 bits per heavy atom. The largest absolute Gasteiger partial charge is 0.237 e. The van der Waals surface area contributed by atoms with Crippen LogP contribution in [0.3, 0.4) is 0 Å². The number of hydrogen-bond acceptors (Lipinski definition) is 1. The van der Waals surface area contributed by atoms with Gasteiger partial charge in [-0.2, -0.15) is 11.3 Å². The topological polar surface area (TPSA) is 0 Å². The Balaban J connectivity index is 2.90. The molecule has 0 N–H and O–H groups in total. The summed E-state index contributed by atoms with van der Waals surface area (Å²) in [6.45, 7) is 2.21. The first-order valence-corrected chi connectivity index (χ1v) is 10.4.